The number of hydrogen-bond acceptors (Lipinski definition) is 6. The minimum Gasteiger partial charge on any atom is -0.504 e. The number of hydrogen-bond donors (Lipinski definition) is 6. The third kappa shape index (κ3) is 3.29. The van der Waals surface area contributed by atoms with Gasteiger partial charge in [-0.15, -0.1) is 0 Å². The van der Waals surface area contributed by atoms with Crippen LogP contribution >= 0.6 is 0 Å². The average molecular weight is 259 g/mol. The molecule has 18 heavy (non-hydrogen) atoms. The predicted molar refractivity (Wildman–Crippen MR) is 59.8 cm³/mol. The lowest BCUT2D eigenvalue weighted by molar-refractivity contribution is -0.124. The molecule has 1 unspecified atom stereocenters. The van der Waals surface area contributed by atoms with Crippen LogP contribution in [0.25, 0.3) is 0 Å². The van der Waals surface area contributed by atoms with Crippen molar-refractivity contribution in [2.24, 2.45) is 5.73 Å². The van der Waals surface area contributed by atoms with Crippen molar-refractivity contribution in [1.82, 2.24) is 10.9 Å². The maximum absolute atomic E-state index is 13.4. The Labute approximate surface area is 102 Å². The number of amides is 1. The number of hydrazine groups is 1. The smallest absolute Gasteiger partial charge is 0.253 e. The molecule has 0 aliphatic heterocycles. The van der Waals surface area contributed by atoms with Gasteiger partial charge < -0.3 is 21.1 Å². The highest BCUT2D eigenvalue weighted by Gasteiger charge is 2.13. The molecule has 1 aromatic carbocycles. The molecule has 0 spiro atoms. The number of halogens is 1. The van der Waals surface area contributed by atoms with E-state index in [-0.39, 0.29) is 12.1 Å². The van der Waals surface area contributed by atoms with Crippen LogP contribution in [0.15, 0.2) is 12.1 Å². The SMILES string of the molecule is NC(CO)C(=O)NNCc1ccc(O)c(O)c1F. The molecule has 100 valence electrons. The van der Waals surface area contributed by atoms with Crippen molar-refractivity contribution < 1.29 is 24.5 Å². The highest BCUT2D eigenvalue weighted by atomic mass is 19.1. The number of carbonyl (C=O) groups is 1. The standard InChI is InChI=1S/C10H14FN3O4/c11-8-5(1-2-7(16)9(8)17)3-13-14-10(18)6(12)4-15/h1-2,6,13,15-17H,3-4,12H2,(H,14,18). The average Bonchev–Trinajstić information content (AvgIpc) is 2.37. The first-order valence-corrected chi connectivity index (χ1v) is 5.05. The molecule has 0 heterocycles. The maximum atomic E-state index is 13.4. The lowest BCUT2D eigenvalue weighted by Gasteiger charge is -2.11. The van der Waals surface area contributed by atoms with Gasteiger partial charge in [-0.25, -0.2) is 9.82 Å². The van der Waals surface area contributed by atoms with Crippen molar-refractivity contribution in [3.8, 4) is 11.5 Å². The number of nitrogens with two attached hydrogens (primary N) is 1. The van der Waals surface area contributed by atoms with Crippen molar-refractivity contribution in [3.05, 3.63) is 23.5 Å². The van der Waals surface area contributed by atoms with Gasteiger partial charge in [0.2, 0.25) is 0 Å². The van der Waals surface area contributed by atoms with E-state index in [1.54, 1.807) is 0 Å². The highest BCUT2D eigenvalue weighted by molar-refractivity contribution is 5.81. The number of phenols is 2. The number of aliphatic hydroxyl groups is 1. The summed E-state index contributed by atoms with van der Waals surface area (Å²) in [5.41, 5.74) is 9.80. The van der Waals surface area contributed by atoms with E-state index in [2.05, 4.69) is 10.9 Å². The van der Waals surface area contributed by atoms with Crippen LogP contribution in [0.2, 0.25) is 0 Å². The lowest BCUT2D eigenvalue weighted by atomic mass is 10.2. The number of rotatable bonds is 5. The van der Waals surface area contributed by atoms with Gasteiger partial charge in [-0.05, 0) is 6.07 Å². The summed E-state index contributed by atoms with van der Waals surface area (Å²) in [6.45, 7) is -0.633. The predicted octanol–water partition coefficient (Wildman–Crippen LogP) is -1.32. The molecule has 0 aliphatic carbocycles. The third-order valence-corrected chi connectivity index (χ3v) is 2.20. The molecule has 0 saturated carbocycles. The zero-order chi connectivity index (χ0) is 13.7. The number of aliphatic hydroxyl groups excluding tert-OH is 1. The van der Waals surface area contributed by atoms with Crippen LogP contribution in [0.3, 0.4) is 0 Å². The second-order valence-electron chi connectivity index (χ2n) is 3.54. The van der Waals surface area contributed by atoms with Crippen LogP contribution in [-0.2, 0) is 11.3 Å². The Hall–Kier alpha value is -1.90. The molecule has 0 radical (unpaired) electrons. The largest absolute Gasteiger partial charge is 0.504 e. The van der Waals surface area contributed by atoms with Crippen molar-refractivity contribution in [2.45, 2.75) is 12.6 Å². The molecule has 0 aromatic heterocycles. The molecular formula is C10H14FN3O4. The van der Waals surface area contributed by atoms with Gasteiger partial charge in [0.05, 0.1) is 6.61 Å². The highest BCUT2D eigenvalue weighted by Crippen LogP contribution is 2.29. The molecular weight excluding hydrogens is 245 g/mol. The Balaban J connectivity index is 2.55. The number of benzene rings is 1. The van der Waals surface area contributed by atoms with Crippen LogP contribution in [0.4, 0.5) is 4.39 Å². The molecule has 1 aromatic rings. The van der Waals surface area contributed by atoms with Crippen LogP contribution in [0, 0.1) is 5.82 Å². The van der Waals surface area contributed by atoms with E-state index in [4.69, 9.17) is 21.1 Å². The summed E-state index contributed by atoms with van der Waals surface area (Å²) in [5.74, 6) is -3.06. The fourth-order valence-corrected chi connectivity index (χ4v) is 1.13. The molecule has 1 atom stereocenters. The fraction of sp³-hybridized carbons (Fsp3) is 0.300. The minimum absolute atomic E-state index is 0.0446. The summed E-state index contributed by atoms with van der Waals surface area (Å²) in [6, 6.07) is 1.29. The summed E-state index contributed by atoms with van der Waals surface area (Å²) in [6.07, 6.45) is 0. The second kappa shape index (κ2) is 6.15. The van der Waals surface area contributed by atoms with E-state index in [1.807, 2.05) is 0 Å². The Bertz CT molecular complexity index is 441. The molecule has 0 fully saturated rings. The van der Waals surface area contributed by atoms with Crippen LogP contribution in [-0.4, -0.2) is 33.9 Å². The molecule has 7 nitrogen and oxygen atoms in total. The first kappa shape index (κ1) is 14.2. The number of nitrogens with one attached hydrogen (secondary N) is 2. The Morgan fingerprint density at radius 2 is 2.11 bits per heavy atom. The first-order valence-electron chi connectivity index (χ1n) is 5.05. The Morgan fingerprint density at radius 3 is 2.72 bits per heavy atom. The fourth-order valence-electron chi connectivity index (χ4n) is 1.13. The van der Waals surface area contributed by atoms with Gasteiger partial charge in [-0.2, -0.15) is 0 Å². The Morgan fingerprint density at radius 1 is 1.44 bits per heavy atom. The lowest BCUT2D eigenvalue weighted by Crippen LogP contribution is -2.48. The molecule has 8 heteroatoms. The summed E-state index contributed by atoms with van der Waals surface area (Å²) in [7, 11) is 0. The van der Waals surface area contributed by atoms with E-state index in [0.29, 0.717) is 0 Å². The number of carbonyl (C=O) groups excluding carboxylic acids is 1. The van der Waals surface area contributed by atoms with Crippen LogP contribution in [0.1, 0.15) is 5.56 Å². The molecule has 0 aliphatic rings. The van der Waals surface area contributed by atoms with E-state index in [1.165, 1.54) is 6.07 Å². The van der Waals surface area contributed by atoms with Gasteiger partial charge in [-0.3, -0.25) is 10.2 Å². The zero-order valence-electron chi connectivity index (χ0n) is 9.35. The van der Waals surface area contributed by atoms with Crippen molar-refractivity contribution in [3.63, 3.8) is 0 Å². The van der Waals surface area contributed by atoms with Gasteiger partial charge in [0.25, 0.3) is 5.91 Å². The molecule has 1 amide bonds. The normalized spacial score (nSPS) is 12.2. The number of aromatic hydroxyl groups is 2. The van der Waals surface area contributed by atoms with E-state index < -0.39 is 35.9 Å². The van der Waals surface area contributed by atoms with Crippen molar-refractivity contribution >= 4 is 5.91 Å². The number of phenolic OH excluding ortho intramolecular Hbond substituents is 2. The summed E-state index contributed by atoms with van der Waals surface area (Å²) in [5, 5.41) is 26.7. The Kier molecular flexibility index (Phi) is 4.84. The molecule has 1 rings (SSSR count). The van der Waals surface area contributed by atoms with E-state index in [0.717, 1.165) is 6.07 Å². The topological polar surface area (TPSA) is 128 Å². The molecule has 0 saturated heterocycles. The van der Waals surface area contributed by atoms with E-state index >= 15 is 0 Å². The van der Waals surface area contributed by atoms with Crippen LogP contribution < -0.4 is 16.6 Å². The summed E-state index contributed by atoms with van der Waals surface area (Å²) >= 11 is 0. The third-order valence-electron chi connectivity index (χ3n) is 2.20. The van der Waals surface area contributed by atoms with Crippen molar-refractivity contribution in [1.29, 1.82) is 0 Å². The summed E-state index contributed by atoms with van der Waals surface area (Å²) < 4.78 is 13.4. The van der Waals surface area contributed by atoms with Gasteiger partial charge >= 0.3 is 0 Å². The molecule has 7 N–H and O–H groups in total. The monoisotopic (exact) mass is 259 g/mol. The van der Waals surface area contributed by atoms with Gasteiger partial charge in [0.1, 0.15) is 6.04 Å². The quantitative estimate of drug-likeness (QED) is 0.287. The van der Waals surface area contributed by atoms with Crippen LogP contribution in [0.5, 0.6) is 11.5 Å². The first-order chi connectivity index (χ1) is 8.47. The summed E-state index contributed by atoms with van der Waals surface area (Å²) in [4.78, 5) is 11.1. The second-order valence-corrected chi connectivity index (χ2v) is 3.54. The van der Waals surface area contributed by atoms with Gasteiger partial charge in [0, 0.05) is 12.1 Å². The maximum Gasteiger partial charge on any atom is 0.253 e. The molecule has 0 bridgehead atoms. The van der Waals surface area contributed by atoms with Crippen molar-refractivity contribution in [2.75, 3.05) is 6.61 Å². The van der Waals surface area contributed by atoms with E-state index in [9.17, 15) is 9.18 Å². The minimum atomic E-state index is -1.07. The van der Waals surface area contributed by atoms with Gasteiger partial charge in [0.15, 0.2) is 17.3 Å². The zero-order valence-corrected chi connectivity index (χ0v) is 9.35. The van der Waals surface area contributed by atoms with Gasteiger partial charge in [-0.1, -0.05) is 6.07 Å².